The fourth-order valence-electron chi connectivity index (χ4n) is 1.35. The van der Waals surface area contributed by atoms with Gasteiger partial charge in [-0.15, -0.1) is 0 Å². The summed E-state index contributed by atoms with van der Waals surface area (Å²) in [6.45, 7) is 7.79. The molecule has 1 rings (SSSR count). The van der Waals surface area contributed by atoms with E-state index in [4.69, 9.17) is 0 Å². The second-order valence-electron chi connectivity index (χ2n) is 3.50. The minimum Gasteiger partial charge on any atom is -0.289 e. The van der Waals surface area contributed by atoms with Crippen molar-refractivity contribution < 1.29 is 4.79 Å². The van der Waals surface area contributed by atoms with Crippen LogP contribution in [-0.2, 0) is 0 Å². The summed E-state index contributed by atoms with van der Waals surface area (Å²) >= 11 is 0. The third kappa shape index (κ3) is 2.32. The molecular weight excluding hydrogens is 172 g/mol. The molecule has 0 saturated heterocycles. The maximum absolute atomic E-state index is 11.4. The Morgan fingerprint density at radius 2 is 2.29 bits per heavy atom. The second kappa shape index (κ2) is 4.75. The molecule has 74 valence electrons. The molecule has 0 radical (unpaired) electrons. The van der Waals surface area contributed by atoms with Gasteiger partial charge < -0.3 is 0 Å². The van der Waals surface area contributed by atoms with Crippen LogP contribution < -0.4 is 0 Å². The molecule has 0 aliphatic heterocycles. The second-order valence-corrected chi connectivity index (χ2v) is 3.50. The Morgan fingerprint density at radius 3 is 2.86 bits per heavy atom. The van der Waals surface area contributed by atoms with Gasteiger partial charge in [0.25, 0.3) is 0 Å². The van der Waals surface area contributed by atoms with Gasteiger partial charge >= 0.3 is 0 Å². The van der Waals surface area contributed by atoms with Crippen LogP contribution in [0.4, 0.5) is 0 Å². The van der Waals surface area contributed by atoms with Crippen LogP contribution in [0.25, 0.3) is 0 Å². The minimum absolute atomic E-state index is 0.00449. The van der Waals surface area contributed by atoms with Crippen LogP contribution >= 0.6 is 0 Å². The van der Waals surface area contributed by atoms with Gasteiger partial charge in [0.05, 0.1) is 0 Å². The molecule has 0 aliphatic rings. The summed E-state index contributed by atoms with van der Waals surface area (Å²) in [4.78, 5) is 11.4. The van der Waals surface area contributed by atoms with Crippen molar-refractivity contribution in [2.45, 2.75) is 26.2 Å². The van der Waals surface area contributed by atoms with Crippen LogP contribution in [0.15, 0.2) is 36.9 Å². The minimum atomic E-state index is -0.00449. The van der Waals surface area contributed by atoms with E-state index in [1.807, 2.05) is 18.2 Å². The van der Waals surface area contributed by atoms with Gasteiger partial charge in [-0.25, -0.2) is 0 Å². The van der Waals surface area contributed by atoms with E-state index in [0.717, 1.165) is 12.0 Å². The highest BCUT2D eigenvalue weighted by atomic mass is 16.1. The average molecular weight is 188 g/mol. The molecule has 1 nitrogen and oxygen atoms in total. The molecule has 1 unspecified atom stereocenters. The van der Waals surface area contributed by atoms with Gasteiger partial charge in [-0.3, -0.25) is 4.79 Å². The van der Waals surface area contributed by atoms with Crippen molar-refractivity contribution >= 4 is 5.78 Å². The molecule has 0 aliphatic carbocycles. The van der Waals surface area contributed by atoms with E-state index in [9.17, 15) is 4.79 Å². The molecule has 0 bridgehead atoms. The van der Waals surface area contributed by atoms with E-state index in [-0.39, 0.29) is 5.78 Å². The molecule has 0 spiro atoms. The van der Waals surface area contributed by atoms with Gasteiger partial charge in [0.15, 0.2) is 5.78 Å². The fraction of sp³-hybridized carbons (Fsp3) is 0.308. The monoisotopic (exact) mass is 188 g/mol. The molecule has 0 heterocycles. The van der Waals surface area contributed by atoms with Gasteiger partial charge in [0.1, 0.15) is 0 Å². The Labute approximate surface area is 85.5 Å². The Bertz CT molecular complexity index is 339. The van der Waals surface area contributed by atoms with Crippen LogP contribution in [0.3, 0.4) is 0 Å². The molecule has 0 fully saturated rings. The Hall–Kier alpha value is -1.37. The molecule has 0 amide bonds. The van der Waals surface area contributed by atoms with Crippen molar-refractivity contribution in [3.05, 3.63) is 48.0 Å². The maximum Gasteiger partial charge on any atom is 0.185 e. The zero-order chi connectivity index (χ0) is 10.6. The van der Waals surface area contributed by atoms with Gasteiger partial charge in [-0.1, -0.05) is 38.6 Å². The van der Waals surface area contributed by atoms with Crippen molar-refractivity contribution in [2.75, 3.05) is 0 Å². The van der Waals surface area contributed by atoms with E-state index in [2.05, 4.69) is 26.5 Å². The highest BCUT2D eigenvalue weighted by Gasteiger charge is 2.06. The average Bonchev–Trinajstić information content (AvgIpc) is 2.27. The largest absolute Gasteiger partial charge is 0.289 e. The molecule has 0 saturated carbocycles. The van der Waals surface area contributed by atoms with Gasteiger partial charge in [-0.2, -0.15) is 0 Å². The highest BCUT2D eigenvalue weighted by Crippen LogP contribution is 2.19. The van der Waals surface area contributed by atoms with Crippen LogP contribution in [0.2, 0.25) is 0 Å². The van der Waals surface area contributed by atoms with Crippen LogP contribution in [0, 0.1) is 0 Å². The van der Waals surface area contributed by atoms with Gasteiger partial charge in [-0.05, 0) is 30.0 Å². The fourth-order valence-corrected chi connectivity index (χ4v) is 1.35. The number of carbonyl (C=O) groups excluding carboxylic acids is 1. The first kappa shape index (κ1) is 10.7. The Morgan fingerprint density at radius 1 is 1.57 bits per heavy atom. The smallest absolute Gasteiger partial charge is 0.185 e. The highest BCUT2D eigenvalue weighted by molar-refractivity contribution is 6.04. The van der Waals surface area contributed by atoms with E-state index in [0.29, 0.717) is 5.92 Å². The van der Waals surface area contributed by atoms with Crippen LogP contribution in [-0.4, -0.2) is 5.78 Å². The van der Waals surface area contributed by atoms with E-state index in [1.54, 1.807) is 0 Å². The van der Waals surface area contributed by atoms with Gasteiger partial charge in [0.2, 0.25) is 0 Å². The third-order valence-corrected chi connectivity index (χ3v) is 2.54. The molecule has 0 aromatic heterocycles. The summed E-state index contributed by atoms with van der Waals surface area (Å²) in [6, 6.07) is 7.78. The molecule has 1 atom stereocenters. The normalized spacial score (nSPS) is 12.1. The summed E-state index contributed by atoms with van der Waals surface area (Å²) in [5.41, 5.74) is 1.96. The summed E-state index contributed by atoms with van der Waals surface area (Å²) in [5.74, 6) is 0.503. The van der Waals surface area contributed by atoms with Gasteiger partial charge in [0, 0.05) is 5.56 Å². The number of ketones is 1. The number of carbonyl (C=O) groups is 1. The Kier molecular flexibility index (Phi) is 3.63. The number of allylic oxidation sites excluding steroid dienone is 1. The zero-order valence-corrected chi connectivity index (χ0v) is 8.79. The van der Waals surface area contributed by atoms with Crippen LogP contribution in [0.5, 0.6) is 0 Å². The first-order valence-electron chi connectivity index (χ1n) is 4.95. The molecule has 1 aromatic carbocycles. The summed E-state index contributed by atoms with van der Waals surface area (Å²) in [6.07, 6.45) is 2.45. The topological polar surface area (TPSA) is 17.1 Å². The lowest BCUT2D eigenvalue weighted by atomic mass is 9.96. The predicted octanol–water partition coefficient (Wildman–Crippen LogP) is 3.57. The van der Waals surface area contributed by atoms with E-state index in [1.165, 1.54) is 11.6 Å². The quantitative estimate of drug-likeness (QED) is 0.521. The Balaban J connectivity index is 3.00. The number of rotatable bonds is 4. The van der Waals surface area contributed by atoms with Crippen molar-refractivity contribution in [3.63, 3.8) is 0 Å². The summed E-state index contributed by atoms with van der Waals surface area (Å²) in [7, 11) is 0. The summed E-state index contributed by atoms with van der Waals surface area (Å²) < 4.78 is 0. The SMILES string of the molecule is C=CC(=O)c1cccc(C(C)CC)c1. The van der Waals surface area contributed by atoms with Crippen LogP contribution in [0.1, 0.15) is 42.1 Å². The third-order valence-electron chi connectivity index (χ3n) is 2.54. The predicted molar refractivity (Wildman–Crippen MR) is 59.7 cm³/mol. The zero-order valence-electron chi connectivity index (χ0n) is 8.79. The molecule has 0 N–H and O–H groups in total. The van der Waals surface area contributed by atoms with Crippen molar-refractivity contribution in [1.29, 1.82) is 0 Å². The first-order valence-corrected chi connectivity index (χ1v) is 4.95. The number of hydrogen-bond acceptors (Lipinski definition) is 1. The molecule has 1 aromatic rings. The molecule has 14 heavy (non-hydrogen) atoms. The van der Waals surface area contributed by atoms with Crippen molar-refractivity contribution in [3.8, 4) is 0 Å². The van der Waals surface area contributed by atoms with E-state index >= 15 is 0 Å². The number of hydrogen-bond donors (Lipinski definition) is 0. The standard InChI is InChI=1S/C13H16O/c1-4-10(3)11-7-6-8-12(9-11)13(14)5-2/h5-10H,2,4H2,1,3H3. The van der Waals surface area contributed by atoms with E-state index < -0.39 is 0 Å². The van der Waals surface area contributed by atoms with Crippen molar-refractivity contribution in [1.82, 2.24) is 0 Å². The summed E-state index contributed by atoms with van der Waals surface area (Å²) in [5, 5.41) is 0. The lowest BCUT2D eigenvalue weighted by Gasteiger charge is -2.09. The molecular formula is C13H16O. The lowest BCUT2D eigenvalue weighted by Crippen LogP contribution is -1.97. The lowest BCUT2D eigenvalue weighted by molar-refractivity contribution is 0.104. The first-order chi connectivity index (χ1) is 6.69. The molecule has 1 heteroatoms. The number of benzene rings is 1. The maximum atomic E-state index is 11.4. The van der Waals surface area contributed by atoms with Crippen molar-refractivity contribution in [2.24, 2.45) is 0 Å².